The summed E-state index contributed by atoms with van der Waals surface area (Å²) >= 11 is 0. The van der Waals surface area contributed by atoms with Crippen molar-refractivity contribution in [3.63, 3.8) is 0 Å². The Morgan fingerprint density at radius 2 is 1.92 bits per heavy atom. The zero-order valence-corrected chi connectivity index (χ0v) is 14.9. The van der Waals surface area contributed by atoms with Gasteiger partial charge in [-0.2, -0.15) is 0 Å². The van der Waals surface area contributed by atoms with Crippen molar-refractivity contribution < 1.29 is 9.59 Å². The molecule has 2 aromatic rings. The van der Waals surface area contributed by atoms with E-state index in [9.17, 15) is 9.59 Å². The summed E-state index contributed by atoms with van der Waals surface area (Å²) in [6, 6.07) is 15.5. The monoisotopic (exact) mass is 346 g/mol. The summed E-state index contributed by atoms with van der Waals surface area (Å²) < 4.78 is 0. The van der Waals surface area contributed by atoms with Gasteiger partial charge in [0.2, 0.25) is 5.91 Å². The number of para-hydroxylation sites is 1. The van der Waals surface area contributed by atoms with E-state index in [1.165, 1.54) is 18.1 Å². The van der Waals surface area contributed by atoms with Gasteiger partial charge in [0.25, 0.3) is 0 Å². The van der Waals surface area contributed by atoms with Crippen LogP contribution in [0.5, 0.6) is 0 Å². The van der Waals surface area contributed by atoms with Crippen LogP contribution in [0.25, 0.3) is 0 Å². The molecule has 1 N–H and O–H groups in total. The van der Waals surface area contributed by atoms with Crippen LogP contribution < -0.4 is 5.32 Å². The average molecular weight is 346 g/mol. The predicted octanol–water partition coefficient (Wildman–Crippen LogP) is 3.45. The summed E-state index contributed by atoms with van der Waals surface area (Å²) in [6.45, 7) is 2.08. The number of nitrogens with zero attached hydrogens (tertiary/aromatic N) is 1. The highest BCUT2D eigenvalue weighted by molar-refractivity contribution is 6.04. The number of fused-ring (bicyclic) bond motifs is 1. The van der Waals surface area contributed by atoms with Crippen LogP contribution in [-0.2, 0) is 11.2 Å². The molecule has 0 saturated heterocycles. The van der Waals surface area contributed by atoms with Crippen LogP contribution in [0.4, 0.5) is 5.69 Å². The highest BCUT2D eigenvalue weighted by Gasteiger charge is 2.28. The van der Waals surface area contributed by atoms with E-state index in [4.69, 9.17) is 6.42 Å². The largest absolute Gasteiger partial charge is 0.324 e. The number of hydrogen-bond donors (Lipinski definition) is 1. The minimum Gasteiger partial charge on any atom is -0.324 e. The maximum absolute atomic E-state index is 12.6. The fraction of sp³-hybridized carbons (Fsp3) is 0.273. The lowest BCUT2D eigenvalue weighted by atomic mass is 10.1. The molecule has 0 spiro atoms. The van der Waals surface area contributed by atoms with E-state index in [2.05, 4.69) is 23.4 Å². The van der Waals surface area contributed by atoms with Crippen molar-refractivity contribution in [3.8, 4) is 12.3 Å². The first-order valence-corrected chi connectivity index (χ1v) is 8.75. The molecule has 26 heavy (non-hydrogen) atoms. The minimum atomic E-state index is -0.168. The van der Waals surface area contributed by atoms with Crippen molar-refractivity contribution in [1.82, 2.24) is 4.90 Å². The Hall–Kier alpha value is -2.90. The topological polar surface area (TPSA) is 49.4 Å². The molecule has 1 atom stereocenters. The molecule has 1 aliphatic carbocycles. The van der Waals surface area contributed by atoms with Gasteiger partial charge in [0.15, 0.2) is 5.78 Å². The van der Waals surface area contributed by atoms with Crippen molar-refractivity contribution in [2.45, 2.75) is 25.8 Å². The minimum absolute atomic E-state index is 0.0777. The number of benzene rings is 2. The van der Waals surface area contributed by atoms with Crippen molar-refractivity contribution in [2.75, 3.05) is 18.4 Å². The van der Waals surface area contributed by atoms with Crippen LogP contribution in [0.2, 0.25) is 0 Å². The van der Waals surface area contributed by atoms with E-state index < -0.39 is 0 Å². The molecular weight excluding hydrogens is 324 g/mol. The molecule has 1 unspecified atom stereocenters. The van der Waals surface area contributed by atoms with Crippen LogP contribution in [0.15, 0.2) is 48.5 Å². The Balaban J connectivity index is 1.74. The quantitative estimate of drug-likeness (QED) is 0.644. The van der Waals surface area contributed by atoms with E-state index in [1.807, 2.05) is 17.0 Å². The fourth-order valence-electron chi connectivity index (χ4n) is 3.58. The second-order valence-corrected chi connectivity index (χ2v) is 6.51. The number of rotatable bonds is 6. The summed E-state index contributed by atoms with van der Waals surface area (Å²) in [7, 11) is 0. The number of aryl methyl sites for hydroxylation is 1. The smallest absolute Gasteiger partial charge is 0.238 e. The highest BCUT2D eigenvalue weighted by atomic mass is 16.2. The molecule has 0 fully saturated rings. The van der Waals surface area contributed by atoms with E-state index in [1.54, 1.807) is 24.3 Å². The predicted molar refractivity (Wildman–Crippen MR) is 103 cm³/mol. The van der Waals surface area contributed by atoms with Gasteiger partial charge in [0, 0.05) is 11.6 Å². The highest BCUT2D eigenvalue weighted by Crippen LogP contribution is 2.35. The van der Waals surface area contributed by atoms with Gasteiger partial charge >= 0.3 is 0 Å². The number of Topliss-reactive ketones (excluding diaryl/α,β-unsaturated/α-hetero) is 1. The summed E-state index contributed by atoms with van der Waals surface area (Å²) in [5.41, 5.74) is 3.62. The first-order valence-electron chi connectivity index (χ1n) is 8.75. The first kappa shape index (κ1) is 17.9. The molecule has 4 nitrogen and oxygen atoms in total. The van der Waals surface area contributed by atoms with Gasteiger partial charge < -0.3 is 5.32 Å². The summed E-state index contributed by atoms with van der Waals surface area (Å²) in [5, 5.41) is 2.86. The van der Waals surface area contributed by atoms with Crippen molar-refractivity contribution >= 4 is 17.4 Å². The fourth-order valence-corrected chi connectivity index (χ4v) is 3.58. The Kier molecular flexibility index (Phi) is 5.50. The summed E-state index contributed by atoms with van der Waals surface area (Å²) in [4.78, 5) is 26.4. The van der Waals surface area contributed by atoms with Gasteiger partial charge in [-0.1, -0.05) is 42.3 Å². The Bertz CT molecular complexity index is 866. The number of hydrogen-bond acceptors (Lipinski definition) is 3. The lowest BCUT2D eigenvalue weighted by Gasteiger charge is -2.27. The van der Waals surface area contributed by atoms with E-state index in [0.717, 1.165) is 12.8 Å². The molecule has 3 rings (SSSR count). The third kappa shape index (κ3) is 3.84. The number of nitrogens with one attached hydrogen (secondary N) is 1. The normalized spacial score (nSPS) is 15.3. The second kappa shape index (κ2) is 7.99. The molecule has 1 aliphatic rings. The molecule has 1 amide bonds. The second-order valence-electron chi connectivity index (χ2n) is 6.51. The molecule has 2 aromatic carbocycles. The lowest BCUT2D eigenvalue weighted by molar-refractivity contribution is -0.117. The number of anilines is 1. The molecule has 132 valence electrons. The molecule has 0 radical (unpaired) electrons. The van der Waals surface area contributed by atoms with E-state index >= 15 is 0 Å². The molecule has 0 bridgehead atoms. The Labute approximate surface area is 154 Å². The number of carbonyl (C=O) groups is 2. The summed E-state index contributed by atoms with van der Waals surface area (Å²) in [6.07, 6.45) is 7.49. The number of ketones is 1. The maximum atomic E-state index is 12.6. The zero-order chi connectivity index (χ0) is 18.5. The number of carbonyl (C=O) groups excluding carboxylic acids is 2. The molecule has 0 aliphatic heterocycles. The standard InChI is InChI=1S/C22H22N2O2/c1-3-14-24(21-13-12-17-8-4-5-10-19(17)21)15-22(26)23-20-11-7-6-9-18(20)16(2)25/h1,4-11,21H,12-15H2,2H3,(H,23,26). The van der Waals surface area contributed by atoms with Crippen LogP contribution in [-0.4, -0.2) is 29.7 Å². The average Bonchev–Trinajstić information content (AvgIpc) is 3.05. The number of terminal acetylenes is 1. The lowest BCUT2D eigenvalue weighted by Crippen LogP contribution is -2.36. The van der Waals surface area contributed by atoms with Crippen molar-refractivity contribution in [2.24, 2.45) is 0 Å². The van der Waals surface area contributed by atoms with Gasteiger partial charge in [-0.15, -0.1) is 6.42 Å². The number of amides is 1. The Morgan fingerprint density at radius 3 is 2.69 bits per heavy atom. The molecule has 0 heterocycles. The maximum Gasteiger partial charge on any atom is 0.238 e. The Morgan fingerprint density at radius 1 is 1.19 bits per heavy atom. The SMILES string of the molecule is C#CCN(CC(=O)Nc1ccccc1C(C)=O)C1CCc2ccccc21. The summed E-state index contributed by atoms with van der Waals surface area (Å²) in [5.74, 6) is 2.42. The van der Waals surface area contributed by atoms with Gasteiger partial charge in [0.1, 0.15) is 0 Å². The molecule has 4 heteroatoms. The third-order valence-corrected chi connectivity index (χ3v) is 4.76. The molecular formula is C22H22N2O2. The van der Waals surface area contributed by atoms with Crippen molar-refractivity contribution in [1.29, 1.82) is 0 Å². The molecule has 0 aromatic heterocycles. The molecule has 0 saturated carbocycles. The van der Waals surface area contributed by atoms with Gasteiger partial charge in [-0.3, -0.25) is 14.5 Å². The van der Waals surface area contributed by atoms with Gasteiger partial charge in [-0.25, -0.2) is 0 Å². The zero-order valence-electron chi connectivity index (χ0n) is 14.9. The first-order chi connectivity index (χ1) is 12.6. The van der Waals surface area contributed by atoms with Crippen molar-refractivity contribution in [3.05, 3.63) is 65.2 Å². The van der Waals surface area contributed by atoms with Gasteiger partial charge in [0.05, 0.1) is 18.8 Å². The van der Waals surface area contributed by atoms with Crippen LogP contribution >= 0.6 is 0 Å². The van der Waals surface area contributed by atoms with E-state index in [0.29, 0.717) is 17.8 Å². The van der Waals surface area contributed by atoms with Crippen LogP contribution in [0, 0.1) is 12.3 Å². The van der Waals surface area contributed by atoms with E-state index in [-0.39, 0.29) is 24.3 Å². The van der Waals surface area contributed by atoms with Crippen LogP contribution in [0.3, 0.4) is 0 Å². The van der Waals surface area contributed by atoms with Crippen LogP contribution in [0.1, 0.15) is 40.9 Å². The van der Waals surface area contributed by atoms with Gasteiger partial charge in [-0.05, 0) is 43.0 Å². The third-order valence-electron chi connectivity index (χ3n) is 4.76.